The number of aromatic amines is 1. The van der Waals surface area contributed by atoms with Crippen LogP contribution < -0.4 is 5.56 Å². The summed E-state index contributed by atoms with van der Waals surface area (Å²) in [5.41, 5.74) is 0.579. The van der Waals surface area contributed by atoms with Crippen molar-refractivity contribution in [3.63, 3.8) is 0 Å². The van der Waals surface area contributed by atoms with Crippen molar-refractivity contribution in [2.75, 3.05) is 7.05 Å². The molecule has 0 aliphatic heterocycles. The second-order valence-corrected chi connectivity index (χ2v) is 8.24. The minimum Gasteiger partial charge on any atom is -0.328 e. The lowest BCUT2D eigenvalue weighted by Gasteiger charge is -2.16. The van der Waals surface area contributed by atoms with Crippen molar-refractivity contribution >= 4 is 37.3 Å². The number of rotatable bonds is 4. The maximum absolute atomic E-state index is 12.3. The van der Waals surface area contributed by atoms with Gasteiger partial charge in [-0.3, -0.25) is 4.79 Å². The Morgan fingerprint density at radius 2 is 2.16 bits per heavy atom. The predicted molar refractivity (Wildman–Crippen MR) is 77.7 cm³/mol. The quantitative estimate of drug-likeness (QED) is 0.904. The fraction of sp³-hybridized carbons (Fsp3) is 0.182. The molecule has 0 saturated heterocycles. The number of thiophene rings is 1. The summed E-state index contributed by atoms with van der Waals surface area (Å²) in [5, 5.41) is 1.89. The molecule has 0 aliphatic rings. The summed E-state index contributed by atoms with van der Waals surface area (Å²) in [6, 6.07) is 4.37. The van der Waals surface area contributed by atoms with Gasteiger partial charge in [-0.15, -0.1) is 11.3 Å². The largest absolute Gasteiger partial charge is 0.328 e. The summed E-state index contributed by atoms with van der Waals surface area (Å²) >= 11 is 4.84. The molecule has 2 aromatic rings. The Morgan fingerprint density at radius 1 is 1.42 bits per heavy atom. The van der Waals surface area contributed by atoms with Crippen LogP contribution >= 0.6 is 27.3 Å². The number of hydrogen-bond acceptors (Lipinski definition) is 4. The fourth-order valence-corrected chi connectivity index (χ4v) is 3.83. The molecule has 0 saturated carbocycles. The zero-order valence-electron chi connectivity index (χ0n) is 9.96. The molecule has 8 heteroatoms. The van der Waals surface area contributed by atoms with Crippen molar-refractivity contribution in [3.8, 4) is 0 Å². The third-order valence-electron chi connectivity index (χ3n) is 2.49. The highest BCUT2D eigenvalue weighted by molar-refractivity contribution is 9.11. The van der Waals surface area contributed by atoms with E-state index in [9.17, 15) is 13.2 Å². The number of nitrogens with zero attached hydrogens (tertiary/aromatic N) is 1. The molecule has 0 unspecified atom stereocenters. The average molecular weight is 363 g/mol. The summed E-state index contributed by atoms with van der Waals surface area (Å²) in [6.45, 7) is 0.281. The SMILES string of the molecule is CN(Cc1csc(Br)c1)S(=O)(=O)c1ccc(=O)[nH]c1. The zero-order valence-corrected chi connectivity index (χ0v) is 13.2. The standard InChI is InChI=1S/C11H11BrN2O3S2/c1-14(6-8-4-10(12)18-7-8)19(16,17)9-2-3-11(15)13-5-9/h2-5,7H,6H2,1H3,(H,13,15). The van der Waals surface area contributed by atoms with Crippen LogP contribution in [-0.2, 0) is 16.6 Å². The third kappa shape index (κ3) is 3.33. The first-order chi connectivity index (χ1) is 8.89. The summed E-state index contributed by atoms with van der Waals surface area (Å²) in [6.07, 6.45) is 1.21. The minimum atomic E-state index is -3.59. The number of nitrogens with one attached hydrogen (secondary N) is 1. The molecular weight excluding hydrogens is 352 g/mol. The second kappa shape index (κ2) is 5.58. The lowest BCUT2D eigenvalue weighted by molar-refractivity contribution is 0.467. The Balaban J connectivity index is 2.24. The van der Waals surface area contributed by atoms with Gasteiger partial charge in [-0.25, -0.2) is 8.42 Å². The molecule has 2 rings (SSSR count). The Bertz CT molecular complexity index is 716. The monoisotopic (exact) mass is 362 g/mol. The first kappa shape index (κ1) is 14.4. The van der Waals surface area contributed by atoms with Gasteiger partial charge in [0.1, 0.15) is 0 Å². The van der Waals surface area contributed by atoms with E-state index in [2.05, 4.69) is 20.9 Å². The Labute approximate surface area is 123 Å². The van der Waals surface area contributed by atoms with Gasteiger partial charge in [-0.2, -0.15) is 4.31 Å². The van der Waals surface area contributed by atoms with Gasteiger partial charge >= 0.3 is 0 Å². The predicted octanol–water partition coefficient (Wildman–Crippen LogP) is 2.02. The molecule has 0 aliphatic carbocycles. The highest BCUT2D eigenvalue weighted by Gasteiger charge is 2.21. The van der Waals surface area contributed by atoms with E-state index in [1.165, 1.54) is 41.0 Å². The summed E-state index contributed by atoms with van der Waals surface area (Å²) in [4.78, 5) is 13.4. The van der Waals surface area contributed by atoms with Gasteiger partial charge in [0, 0.05) is 25.9 Å². The van der Waals surface area contributed by atoms with Crippen LogP contribution in [0.1, 0.15) is 5.56 Å². The molecule has 2 heterocycles. The molecule has 0 bridgehead atoms. The van der Waals surface area contributed by atoms with E-state index in [4.69, 9.17) is 0 Å². The summed E-state index contributed by atoms with van der Waals surface area (Å²) in [5.74, 6) is 0. The molecule has 5 nitrogen and oxygen atoms in total. The molecule has 1 N–H and O–H groups in total. The first-order valence-electron chi connectivity index (χ1n) is 5.27. The molecule has 0 atom stereocenters. The molecule has 102 valence electrons. The van der Waals surface area contributed by atoms with Crippen molar-refractivity contribution in [1.29, 1.82) is 0 Å². The number of H-pyrrole nitrogens is 1. The van der Waals surface area contributed by atoms with Crippen molar-refractivity contribution in [2.45, 2.75) is 11.4 Å². The van der Waals surface area contributed by atoms with Gasteiger partial charge < -0.3 is 4.98 Å². The van der Waals surface area contributed by atoms with Crippen molar-refractivity contribution in [1.82, 2.24) is 9.29 Å². The number of aromatic nitrogens is 1. The van der Waals surface area contributed by atoms with Crippen LogP contribution in [0.5, 0.6) is 0 Å². The van der Waals surface area contributed by atoms with Gasteiger partial charge in [-0.05, 0) is 39.0 Å². The first-order valence-corrected chi connectivity index (χ1v) is 8.39. The van der Waals surface area contributed by atoms with Crippen LogP contribution in [0.4, 0.5) is 0 Å². The molecule has 0 amide bonds. The van der Waals surface area contributed by atoms with Crippen molar-refractivity contribution in [2.24, 2.45) is 0 Å². The van der Waals surface area contributed by atoms with Crippen LogP contribution in [0.25, 0.3) is 0 Å². The zero-order chi connectivity index (χ0) is 14.0. The number of hydrogen-bond donors (Lipinski definition) is 1. The molecule has 0 spiro atoms. The van der Waals surface area contributed by atoms with Crippen molar-refractivity contribution < 1.29 is 8.42 Å². The van der Waals surface area contributed by atoms with Crippen LogP contribution in [0.3, 0.4) is 0 Å². The molecule has 0 fully saturated rings. The lowest BCUT2D eigenvalue weighted by atomic mass is 10.3. The van der Waals surface area contributed by atoms with Crippen LogP contribution in [0, 0.1) is 0 Å². The fourth-order valence-electron chi connectivity index (χ4n) is 1.51. The van der Waals surface area contributed by atoms with E-state index in [0.717, 1.165) is 9.35 Å². The van der Waals surface area contributed by atoms with Crippen LogP contribution in [0.2, 0.25) is 0 Å². The third-order valence-corrected chi connectivity index (χ3v) is 5.84. The number of pyridine rings is 1. The van der Waals surface area contributed by atoms with Gasteiger partial charge in [0.25, 0.3) is 0 Å². The Hall–Kier alpha value is -0.960. The highest BCUT2D eigenvalue weighted by atomic mass is 79.9. The lowest BCUT2D eigenvalue weighted by Crippen LogP contribution is -2.26. The smallest absolute Gasteiger partial charge is 0.247 e. The van der Waals surface area contributed by atoms with E-state index < -0.39 is 10.0 Å². The molecule has 19 heavy (non-hydrogen) atoms. The maximum atomic E-state index is 12.3. The Morgan fingerprint density at radius 3 is 2.68 bits per heavy atom. The normalized spacial score (nSPS) is 11.9. The summed E-state index contributed by atoms with van der Waals surface area (Å²) in [7, 11) is -2.09. The second-order valence-electron chi connectivity index (χ2n) is 3.91. The topological polar surface area (TPSA) is 70.2 Å². The van der Waals surface area contributed by atoms with E-state index in [-0.39, 0.29) is 17.0 Å². The number of sulfonamides is 1. The Kier molecular flexibility index (Phi) is 4.24. The van der Waals surface area contributed by atoms with Gasteiger partial charge in [0.05, 0.1) is 8.68 Å². The van der Waals surface area contributed by atoms with Crippen LogP contribution in [-0.4, -0.2) is 24.8 Å². The molecule has 0 aromatic carbocycles. The van der Waals surface area contributed by atoms with E-state index in [1.54, 1.807) is 0 Å². The van der Waals surface area contributed by atoms with Crippen LogP contribution in [0.15, 0.2) is 43.3 Å². The van der Waals surface area contributed by atoms with E-state index in [0.29, 0.717) is 0 Å². The van der Waals surface area contributed by atoms with Crippen molar-refractivity contribution in [3.05, 3.63) is 49.5 Å². The molecule has 2 aromatic heterocycles. The maximum Gasteiger partial charge on any atom is 0.247 e. The number of halogens is 1. The highest BCUT2D eigenvalue weighted by Crippen LogP contribution is 2.23. The minimum absolute atomic E-state index is 0.0731. The van der Waals surface area contributed by atoms with Gasteiger partial charge in [0.2, 0.25) is 15.6 Å². The summed E-state index contributed by atoms with van der Waals surface area (Å²) < 4.78 is 26.7. The molecular formula is C11H11BrN2O3S2. The molecule has 0 radical (unpaired) electrons. The van der Waals surface area contributed by atoms with E-state index >= 15 is 0 Å². The van der Waals surface area contributed by atoms with E-state index in [1.807, 2.05) is 11.4 Å². The van der Waals surface area contributed by atoms with Gasteiger partial charge in [0.15, 0.2) is 0 Å². The average Bonchev–Trinajstić information content (AvgIpc) is 2.75. The van der Waals surface area contributed by atoms with Gasteiger partial charge in [-0.1, -0.05) is 0 Å².